The minimum atomic E-state index is -0.110. The Balaban J connectivity index is 1.63. The third kappa shape index (κ3) is 4.15. The zero-order valence-corrected chi connectivity index (χ0v) is 16.4. The van der Waals surface area contributed by atoms with E-state index < -0.39 is 0 Å². The number of ether oxygens (including phenoxy) is 1. The normalized spacial score (nSPS) is 12.3. The smallest absolute Gasteiger partial charge is 0.238 e. The number of nitrogens with one attached hydrogen (secondary N) is 1. The summed E-state index contributed by atoms with van der Waals surface area (Å²) >= 11 is 7.75. The molecule has 0 radical (unpaired) electrons. The molecule has 136 valence electrons. The highest BCUT2D eigenvalue weighted by atomic mass is 35.5. The number of aromatic nitrogens is 1. The van der Waals surface area contributed by atoms with Crippen LogP contribution in [0.5, 0.6) is 5.75 Å². The molecule has 0 fully saturated rings. The van der Waals surface area contributed by atoms with Crippen LogP contribution in [0.2, 0.25) is 5.02 Å². The Hall–Kier alpha value is -2.15. The van der Waals surface area contributed by atoms with Crippen LogP contribution < -0.4 is 10.1 Å². The fourth-order valence-corrected chi connectivity index (χ4v) is 3.91. The molecule has 0 aliphatic carbocycles. The highest BCUT2D eigenvalue weighted by molar-refractivity contribution is 7.18. The number of hydrogen-bond acceptors (Lipinski definition) is 5. The molecular weight excluding hydrogens is 370 g/mol. The van der Waals surface area contributed by atoms with Crippen molar-refractivity contribution < 1.29 is 9.53 Å². The molecule has 1 aromatic heterocycles. The molecule has 0 saturated carbocycles. The third-order valence-corrected chi connectivity index (χ3v) is 5.66. The Morgan fingerprint density at radius 3 is 2.81 bits per heavy atom. The Labute approximate surface area is 161 Å². The van der Waals surface area contributed by atoms with Crippen LogP contribution in [-0.4, -0.2) is 36.5 Å². The van der Waals surface area contributed by atoms with Crippen LogP contribution in [0.15, 0.2) is 42.5 Å². The van der Waals surface area contributed by atoms with Crippen molar-refractivity contribution in [2.75, 3.05) is 26.0 Å². The molecule has 26 heavy (non-hydrogen) atoms. The Bertz CT molecular complexity index is 895. The van der Waals surface area contributed by atoms with Crippen LogP contribution >= 0.6 is 22.9 Å². The van der Waals surface area contributed by atoms with E-state index in [1.807, 2.05) is 30.1 Å². The fraction of sp³-hybridized carbons (Fsp3) is 0.263. The molecule has 0 unspecified atom stereocenters. The summed E-state index contributed by atoms with van der Waals surface area (Å²) in [5.41, 5.74) is 1.63. The van der Waals surface area contributed by atoms with Gasteiger partial charge in [-0.3, -0.25) is 9.69 Å². The number of halogens is 1. The van der Waals surface area contributed by atoms with Gasteiger partial charge in [0.25, 0.3) is 0 Å². The summed E-state index contributed by atoms with van der Waals surface area (Å²) in [6.07, 6.45) is 0. The maximum atomic E-state index is 12.4. The highest BCUT2D eigenvalue weighted by Crippen LogP contribution is 2.29. The number of thiazole rings is 1. The summed E-state index contributed by atoms with van der Waals surface area (Å²) in [6, 6.07) is 13.3. The minimum absolute atomic E-state index is 0.0394. The predicted molar refractivity (Wildman–Crippen MR) is 107 cm³/mol. The van der Waals surface area contributed by atoms with Gasteiger partial charge in [0.2, 0.25) is 5.91 Å². The van der Waals surface area contributed by atoms with Crippen LogP contribution in [0.3, 0.4) is 0 Å². The third-order valence-electron chi connectivity index (χ3n) is 4.16. The van der Waals surface area contributed by atoms with Crippen LogP contribution in [-0.2, 0) is 4.79 Å². The molecule has 1 heterocycles. The lowest BCUT2D eigenvalue weighted by atomic mass is 10.2. The second-order valence-corrected chi connectivity index (χ2v) is 7.48. The van der Waals surface area contributed by atoms with E-state index in [0.29, 0.717) is 16.5 Å². The molecule has 7 heteroatoms. The standard InChI is InChI=1S/C19H20ClN3O2S/c1-12(19-22-15-6-4-5-7-17(15)26-19)23(2)11-18(24)21-13-8-9-16(25-3)14(20)10-13/h4-10,12H,11H2,1-3H3,(H,21,24)/t12-/m0/s1. The van der Waals surface area contributed by atoms with E-state index in [9.17, 15) is 4.79 Å². The number of carbonyl (C=O) groups excluding carboxylic acids is 1. The molecule has 0 aliphatic heterocycles. The van der Waals surface area contributed by atoms with Crippen molar-refractivity contribution in [2.45, 2.75) is 13.0 Å². The highest BCUT2D eigenvalue weighted by Gasteiger charge is 2.18. The van der Waals surface area contributed by atoms with Gasteiger partial charge in [-0.1, -0.05) is 23.7 Å². The number of para-hydroxylation sites is 1. The lowest BCUT2D eigenvalue weighted by molar-refractivity contribution is -0.117. The van der Waals surface area contributed by atoms with E-state index >= 15 is 0 Å². The molecule has 3 rings (SSSR count). The maximum Gasteiger partial charge on any atom is 0.238 e. The number of hydrogen-bond donors (Lipinski definition) is 1. The minimum Gasteiger partial charge on any atom is -0.495 e. The van der Waals surface area contributed by atoms with Gasteiger partial charge in [0, 0.05) is 5.69 Å². The van der Waals surface area contributed by atoms with Gasteiger partial charge in [0.05, 0.1) is 34.9 Å². The van der Waals surface area contributed by atoms with Crippen molar-refractivity contribution in [2.24, 2.45) is 0 Å². The van der Waals surface area contributed by atoms with Crippen LogP contribution in [0.25, 0.3) is 10.2 Å². The first kappa shape index (κ1) is 18.6. The quantitative estimate of drug-likeness (QED) is 0.669. The molecule has 0 aliphatic rings. The monoisotopic (exact) mass is 389 g/mol. The molecule has 2 aromatic carbocycles. The molecule has 5 nitrogen and oxygen atoms in total. The zero-order chi connectivity index (χ0) is 18.7. The zero-order valence-electron chi connectivity index (χ0n) is 14.8. The molecule has 0 saturated heterocycles. The first-order chi connectivity index (χ1) is 12.5. The van der Waals surface area contributed by atoms with Crippen molar-refractivity contribution in [3.05, 3.63) is 52.5 Å². The maximum absolute atomic E-state index is 12.4. The largest absolute Gasteiger partial charge is 0.495 e. The van der Waals surface area contributed by atoms with Crippen LogP contribution in [0.4, 0.5) is 5.69 Å². The SMILES string of the molecule is COc1ccc(NC(=O)CN(C)[C@@H](C)c2nc3ccccc3s2)cc1Cl. The summed E-state index contributed by atoms with van der Waals surface area (Å²) in [7, 11) is 3.47. The summed E-state index contributed by atoms with van der Waals surface area (Å²) in [5.74, 6) is 0.466. The number of benzene rings is 2. The Kier molecular flexibility index (Phi) is 5.76. The fourth-order valence-electron chi connectivity index (χ4n) is 2.57. The molecule has 1 N–H and O–H groups in total. The van der Waals surface area contributed by atoms with Crippen molar-refractivity contribution in [1.29, 1.82) is 0 Å². The van der Waals surface area contributed by atoms with Gasteiger partial charge in [0.15, 0.2) is 0 Å². The van der Waals surface area contributed by atoms with Gasteiger partial charge in [-0.15, -0.1) is 11.3 Å². The van der Waals surface area contributed by atoms with E-state index in [1.165, 1.54) is 0 Å². The Morgan fingerprint density at radius 1 is 1.35 bits per heavy atom. The second-order valence-electron chi connectivity index (χ2n) is 6.01. The number of methoxy groups -OCH3 is 1. The van der Waals surface area contributed by atoms with Gasteiger partial charge in [0.1, 0.15) is 10.8 Å². The van der Waals surface area contributed by atoms with E-state index in [4.69, 9.17) is 16.3 Å². The summed E-state index contributed by atoms with van der Waals surface area (Å²) in [4.78, 5) is 19.0. The molecule has 1 atom stereocenters. The van der Waals surface area contributed by atoms with Crippen molar-refractivity contribution in [3.8, 4) is 5.75 Å². The predicted octanol–water partition coefficient (Wildman–Crippen LogP) is 4.59. The number of anilines is 1. The average molecular weight is 390 g/mol. The van der Waals surface area contributed by atoms with Gasteiger partial charge in [-0.05, 0) is 44.3 Å². The number of fused-ring (bicyclic) bond motifs is 1. The van der Waals surface area contributed by atoms with Gasteiger partial charge >= 0.3 is 0 Å². The molecule has 0 bridgehead atoms. The molecule has 3 aromatic rings. The second kappa shape index (κ2) is 8.03. The lowest BCUT2D eigenvalue weighted by Crippen LogP contribution is -2.32. The first-order valence-corrected chi connectivity index (χ1v) is 9.36. The average Bonchev–Trinajstić information content (AvgIpc) is 3.05. The lowest BCUT2D eigenvalue weighted by Gasteiger charge is -2.22. The topological polar surface area (TPSA) is 54.5 Å². The van der Waals surface area contributed by atoms with E-state index in [1.54, 1.807) is 36.6 Å². The van der Waals surface area contributed by atoms with Crippen LogP contribution in [0.1, 0.15) is 18.0 Å². The van der Waals surface area contributed by atoms with Gasteiger partial charge in [-0.25, -0.2) is 4.98 Å². The van der Waals surface area contributed by atoms with Gasteiger partial charge < -0.3 is 10.1 Å². The number of rotatable bonds is 6. The van der Waals surface area contributed by atoms with Crippen LogP contribution in [0, 0.1) is 0 Å². The number of carbonyl (C=O) groups is 1. The summed E-state index contributed by atoms with van der Waals surface area (Å²) < 4.78 is 6.27. The molecule has 0 spiro atoms. The van der Waals surface area contributed by atoms with E-state index in [2.05, 4.69) is 23.3 Å². The van der Waals surface area contributed by atoms with Crippen molar-refractivity contribution >= 4 is 44.7 Å². The Morgan fingerprint density at radius 2 is 2.12 bits per heavy atom. The van der Waals surface area contributed by atoms with Crippen molar-refractivity contribution in [1.82, 2.24) is 9.88 Å². The number of nitrogens with zero attached hydrogens (tertiary/aromatic N) is 2. The summed E-state index contributed by atoms with van der Waals surface area (Å²) in [5, 5.41) is 4.31. The van der Waals surface area contributed by atoms with Crippen molar-refractivity contribution in [3.63, 3.8) is 0 Å². The first-order valence-electron chi connectivity index (χ1n) is 8.17. The molecular formula is C19H20ClN3O2S. The van der Waals surface area contributed by atoms with Gasteiger partial charge in [-0.2, -0.15) is 0 Å². The number of likely N-dealkylation sites (N-methyl/N-ethyl adjacent to an activating group) is 1. The van der Waals surface area contributed by atoms with E-state index in [0.717, 1.165) is 15.2 Å². The molecule has 1 amide bonds. The summed E-state index contributed by atoms with van der Waals surface area (Å²) in [6.45, 7) is 2.30. The van der Waals surface area contributed by atoms with E-state index in [-0.39, 0.29) is 18.5 Å². The number of amides is 1.